The Morgan fingerprint density at radius 2 is 1.92 bits per heavy atom. The van der Waals surface area contributed by atoms with E-state index in [1.807, 2.05) is 24.3 Å². The number of benzene rings is 1. The quantitative estimate of drug-likeness (QED) is 0.605. The molecule has 1 aromatic carbocycles. The van der Waals surface area contributed by atoms with Crippen molar-refractivity contribution in [1.29, 1.82) is 0 Å². The Hall–Kier alpha value is -3.45. The molecule has 0 spiro atoms. The standard InChI is InChI=1S/C19H17N3O4/c23-18(22-16-6-2-1-5-15(16)19(24)25)12-21-11-14-7-8-17(26-14)13-4-3-9-20-10-13/h1-10,21H,11-12H2,(H,22,23)(H,24,25). The predicted molar refractivity (Wildman–Crippen MR) is 95.7 cm³/mol. The highest BCUT2D eigenvalue weighted by molar-refractivity contribution is 6.01. The zero-order chi connectivity index (χ0) is 18.4. The average Bonchev–Trinajstić information content (AvgIpc) is 3.11. The van der Waals surface area contributed by atoms with E-state index in [0.717, 1.165) is 5.56 Å². The number of amides is 1. The molecule has 0 aliphatic heterocycles. The average molecular weight is 351 g/mol. The molecule has 2 heterocycles. The Morgan fingerprint density at radius 3 is 2.69 bits per heavy atom. The number of nitrogens with one attached hydrogen (secondary N) is 2. The number of carbonyl (C=O) groups is 2. The van der Waals surface area contributed by atoms with E-state index in [0.29, 0.717) is 18.1 Å². The van der Waals surface area contributed by atoms with E-state index >= 15 is 0 Å². The molecular formula is C19H17N3O4. The smallest absolute Gasteiger partial charge is 0.337 e. The van der Waals surface area contributed by atoms with Gasteiger partial charge in [-0.2, -0.15) is 0 Å². The molecule has 0 fully saturated rings. The first kappa shape index (κ1) is 17.4. The fraction of sp³-hybridized carbons (Fsp3) is 0.105. The third kappa shape index (κ3) is 4.34. The van der Waals surface area contributed by atoms with Crippen molar-refractivity contribution in [2.45, 2.75) is 6.54 Å². The lowest BCUT2D eigenvalue weighted by Crippen LogP contribution is -2.28. The number of rotatable bonds is 7. The molecule has 0 unspecified atom stereocenters. The Labute approximate surface area is 149 Å². The van der Waals surface area contributed by atoms with Crippen LogP contribution in [0, 0.1) is 0 Å². The first-order valence-electron chi connectivity index (χ1n) is 7.95. The summed E-state index contributed by atoms with van der Waals surface area (Å²) in [5.41, 5.74) is 1.19. The van der Waals surface area contributed by atoms with E-state index in [4.69, 9.17) is 9.52 Å². The maximum absolute atomic E-state index is 12.0. The minimum absolute atomic E-state index is 0.0247. The third-order valence-corrected chi connectivity index (χ3v) is 3.62. The minimum Gasteiger partial charge on any atom is -0.478 e. The lowest BCUT2D eigenvalue weighted by atomic mass is 10.2. The van der Waals surface area contributed by atoms with Gasteiger partial charge in [-0.05, 0) is 36.4 Å². The van der Waals surface area contributed by atoms with E-state index in [-0.39, 0.29) is 23.7 Å². The number of hydrogen-bond donors (Lipinski definition) is 3. The number of pyridine rings is 1. The van der Waals surface area contributed by atoms with Crippen LogP contribution >= 0.6 is 0 Å². The number of carbonyl (C=O) groups excluding carboxylic acids is 1. The molecule has 0 bridgehead atoms. The number of nitrogens with zero attached hydrogens (tertiary/aromatic N) is 1. The van der Waals surface area contributed by atoms with Crippen LogP contribution in [0.15, 0.2) is 65.3 Å². The van der Waals surface area contributed by atoms with Crippen LogP contribution in [0.2, 0.25) is 0 Å². The normalized spacial score (nSPS) is 10.5. The van der Waals surface area contributed by atoms with Crippen molar-refractivity contribution in [3.63, 3.8) is 0 Å². The molecule has 1 amide bonds. The van der Waals surface area contributed by atoms with Crippen LogP contribution in [0.1, 0.15) is 16.1 Å². The highest BCUT2D eigenvalue weighted by Gasteiger charge is 2.11. The molecule has 2 aromatic heterocycles. The number of aromatic nitrogens is 1. The van der Waals surface area contributed by atoms with Crippen LogP contribution in [0.25, 0.3) is 11.3 Å². The second kappa shape index (κ2) is 8.09. The number of anilines is 1. The molecule has 3 N–H and O–H groups in total. The first-order chi connectivity index (χ1) is 12.6. The summed E-state index contributed by atoms with van der Waals surface area (Å²) >= 11 is 0. The van der Waals surface area contributed by atoms with Gasteiger partial charge >= 0.3 is 5.97 Å². The summed E-state index contributed by atoms with van der Waals surface area (Å²) in [6, 6.07) is 13.7. The maximum Gasteiger partial charge on any atom is 0.337 e. The van der Waals surface area contributed by atoms with Crippen molar-refractivity contribution < 1.29 is 19.1 Å². The molecule has 0 aliphatic rings. The van der Waals surface area contributed by atoms with E-state index in [1.165, 1.54) is 6.07 Å². The first-order valence-corrected chi connectivity index (χ1v) is 7.95. The summed E-state index contributed by atoms with van der Waals surface area (Å²) in [7, 11) is 0. The van der Waals surface area contributed by atoms with Crippen LogP contribution < -0.4 is 10.6 Å². The van der Waals surface area contributed by atoms with Crippen molar-refractivity contribution in [2.24, 2.45) is 0 Å². The molecule has 0 atom stereocenters. The molecule has 0 saturated carbocycles. The van der Waals surface area contributed by atoms with Gasteiger partial charge in [0.1, 0.15) is 11.5 Å². The van der Waals surface area contributed by atoms with Crippen LogP contribution in [0.3, 0.4) is 0 Å². The SMILES string of the molecule is O=C(CNCc1ccc(-c2cccnc2)o1)Nc1ccccc1C(=O)O. The summed E-state index contributed by atoms with van der Waals surface area (Å²) in [5, 5.41) is 14.7. The fourth-order valence-electron chi connectivity index (χ4n) is 2.41. The zero-order valence-corrected chi connectivity index (χ0v) is 13.8. The Bertz CT molecular complexity index is 906. The molecular weight excluding hydrogens is 334 g/mol. The van der Waals surface area contributed by atoms with Gasteiger partial charge in [0.2, 0.25) is 5.91 Å². The van der Waals surface area contributed by atoms with Crippen LogP contribution in [0.4, 0.5) is 5.69 Å². The van der Waals surface area contributed by atoms with Crippen molar-refractivity contribution in [3.05, 3.63) is 72.2 Å². The second-order valence-electron chi connectivity index (χ2n) is 5.51. The predicted octanol–water partition coefficient (Wildman–Crippen LogP) is 2.77. The Morgan fingerprint density at radius 1 is 1.08 bits per heavy atom. The number of hydrogen-bond acceptors (Lipinski definition) is 5. The number of para-hydroxylation sites is 1. The summed E-state index contributed by atoms with van der Waals surface area (Å²) in [5.74, 6) is -0.0394. The van der Waals surface area contributed by atoms with Gasteiger partial charge in [-0.15, -0.1) is 0 Å². The Kier molecular flexibility index (Phi) is 5.40. The third-order valence-electron chi connectivity index (χ3n) is 3.62. The summed E-state index contributed by atoms with van der Waals surface area (Å²) in [6.45, 7) is 0.394. The van der Waals surface area contributed by atoms with Gasteiger partial charge in [-0.3, -0.25) is 9.78 Å². The molecule has 7 heteroatoms. The highest BCUT2D eigenvalue weighted by Crippen LogP contribution is 2.20. The monoisotopic (exact) mass is 351 g/mol. The van der Waals surface area contributed by atoms with E-state index in [2.05, 4.69) is 15.6 Å². The lowest BCUT2D eigenvalue weighted by Gasteiger charge is -2.08. The van der Waals surface area contributed by atoms with E-state index in [9.17, 15) is 9.59 Å². The molecule has 0 radical (unpaired) electrons. The molecule has 0 aliphatic carbocycles. The van der Waals surface area contributed by atoms with E-state index < -0.39 is 5.97 Å². The lowest BCUT2D eigenvalue weighted by molar-refractivity contribution is -0.115. The molecule has 0 saturated heterocycles. The van der Waals surface area contributed by atoms with Gasteiger partial charge in [0, 0.05) is 18.0 Å². The number of carboxylic acids is 1. The molecule has 3 rings (SSSR count). The highest BCUT2D eigenvalue weighted by atomic mass is 16.4. The largest absolute Gasteiger partial charge is 0.478 e. The number of furan rings is 1. The molecule has 132 valence electrons. The van der Waals surface area contributed by atoms with Crippen LogP contribution in [-0.4, -0.2) is 28.5 Å². The topological polar surface area (TPSA) is 104 Å². The van der Waals surface area contributed by atoms with Gasteiger partial charge in [0.25, 0.3) is 0 Å². The van der Waals surface area contributed by atoms with Gasteiger partial charge in [-0.1, -0.05) is 12.1 Å². The van der Waals surface area contributed by atoms with Crippen molar-refractivity contribution in [1.82, 2.24) is 10.3 Å². The second-order valence-corrected chi connectivity index (χ2v) is 5.51. The van der Waals surface area contributed by atoms with Gasteiger partial charge in [0.15, 0.2) is 0 Å². The van der Waals surface area contributed by atoms with Crippen LogP contribution in [0.5, 0.6) is 0 Å². The summed E-state index contributed by atoms with van der Waals surface area (Å²) < 4.78 is 5.71. The number of carboxylic acid groups (broad SMARTS) is 1. The number of aromatic carboxylic acids is 1. The fourth-order valence-corrected chi connectivity index (χ4v) is 2.41. The molecule has 26 heavy (non-hydrogen) atoms. The minimum atomic E-state index is -1.09. The summed E-state index contributed by atoms with van der Waals surface area (Å²) in [6.07, 6.45) is 3.40. The van der Waals surface area contributed by atoms with Gasteiger partial charge in [-0.25, -0.2) is 4.79 Å². The molecule has 7 nitrogen and oxygen atoms in total. The van der Waals surface area contributed by atoms with E-state index in [1.54, 1.807) is 30.6 Å². The van der Waals surface area contributed by atoms with Gasteiger partial charge in [0.05, 0.1) is 24.3 Å². The van der Waals surface area contributed by atoms with Crippen molar-refractivity contribution in [3.8, 4) is 11.3 Å². The zero-order valence-electron chi connectivity index (χ0n) is 13.8. The summed E-state index contributed by atoms with van der Waals surface area (Å²) in [4.78, 5) is 27.2. The van der Waals surface area contributed by atoms with Crippen molar-refractivity contribution >= 4 is 17.6 Å². The Balaban J connectivity index is 1.52. The maximum atomic E-state index is 12.0. The van der Waals surface area contributed by atoms with Gasteiger partial charge < -0.3 is 20.2 Å². The van der Waals surface area contributed by atoms with Crippen molar-refractivity contribution in [2.75, 3.05) is 11.9 Å². The molecule has 3 aromatic rings. The van der Waals surface area contributed by atoms with Crippen LogP contribution in [-0.2, 0) is 11.3 Å².